The fraction of sp³-hybridized carbons (Fsp3) is 0.538. The van der Waals surface area contributed by atoms with Gasteiger partial charge in [-0.2, -0.15) is 0 Å². The maximum Gasteiger partial charge on any atom is 0.0569 e. The molecule has 1 fully saturated rings. The monoisotopic (exact) mass is 254 g/mol. The van der Waals surface area contributed by atoms with Crippen LogP contribution in [0.2, 0.25) is 5.02 Å². The van der Waals surface area contributed by atoms with Crippen LogP contribution in [0, 0.1) is 0 Å². The Bertz CT molecular complexity index is 368. The summed E-state index contributed by atoms with van der Waals surface area (Å²) in [6.07, 6.45) is 2.13. The van der Waals surface area contributed by atoms with E-state index in [2.05, 4.69) is 12.2 Å². The normalized spacial score (nSPS) is 29.0. The van der Waals surface area contributed by atoms with Gasteiger partial charge in [-0.25, -0.2) is 0 Å². The van der Waals surface area contributed by atoms with Gasteiger partial charge in [0, 0.05) is 23.9 Å². The van der Waals surface area contributed by atoms with Crippen LogP contribution in [-0.2, 0) is 4.74 Å². The number of hydrogen-bond donors (Lipinski definition) is 2. The lowest BCUT2D eigenvalue weighted by atomic mass is 9.86. The largest absolute Gasteiger partial charge is 0.378 e. The molecule has 1 aliphatic heterocycles. The molecule has 0 aliphatic carbocycles. The minimum Gasteiger partial charge on any atom is -0.378 e. The fourth-order valence-electron chi connectivity index (χ4n) is 2.36. The van der Waals surface area contributed by atoms with Gasteiger partial charge in [0.25, 0.3) is 0 Å². The second-order valence-electron chi connectivity index (χ2n) is 4.75. The second-order valence-corrected chi connectivity index (χ2v) is 5.19. The number of halogens is 1. The number of hydrogen-bond acceptors (Lipinski definition) is 3. The minimum absolute atomic E-state index is 0.0501. The standard InChI is InChI=1S/C13H19ClN2O/c1-10-8-13(9-15,6-7-17-10)16-12-4-2-11(14)3-5-12/h2-5,10,16H,6-9,15H2,1H3. The molecule has 1 heterocycles. The highest BCUT2D eigenvalue weighted by atomic mass is 35.5. The number of nitrogens with one attached hydrogen (secondary N) is 1. The van der Waals surface area contributed by atoms with Crippen molar-refractivity contribution in [2.45, 2.75) is 31.4 Å². The highest BCUT2D eigenvalue weighted by Gasteiger charge is 2.34. The van der Waals surface area contributed by atoms with Crippen LogP contribution in [-0.4, -0.2) is 24.8 Å². The van der Waals surface area contributed by atoms with Crippen LogP contribution in [0.15, 0.2) is 24.3 Å². The molecule has 0 radical (unpaired) electrons. The van der Waals surface area contributed by atoms with Crippen LogP contribution in [0.1, 0.15) is 19.8 Å². The topological polar surface area (TPSA) is 47.3 Å². The zero-order chi connectivity index (χ0) is 12.3. The molecule has 0 amide bonds. The van der Waals surface area contributed by atoms with E-state index in [4.69, 9.17) is 22.1 Å². The van der Waals surface area contributed by atoms with Crippen molar-refractivity contribution in [3.8, 4) is 0 Å². The average molecular weight is 255 g/mol. The van der Waals surface area contributed by atoms with Crippen molar-refractivity contribution in [3.05, 3.63) is 29.3 Å². The van der Waals surface area contributed by atoms with E-state index in [-0.39, 0.29) is 11.6 Å². The van der Waals surface area contributed by atoms with Crippen molar-refractivity contribution in [2.75, 3.05) is 18.5 Å². The van der Waals surface area contributed by atoms with Crippen LogP contribution in [0.4, 0.5) is 5.69 Å². The van der Waals surface area contributed by atoms with Crippen molar-refractivity contribution in [1.82, 2.24) is 0 Å². The molecule has 1 aliphatic rings. The summed E-state index contributed by atoms with van der Waals surface area (Å²) in [6.45, 7) is 3.47. The molecule has 0 bridgehead atoms. The molecule has 0 saturated carbocycles. The van der Waals surface area contributed by atoms with Crippen molar-refractivity contribution < 1.29 is 4.74 Å². The summed E-state index contributed by atoms with van der Waals surface area (Å²) in [6, 6.07) is 7.74. The van der Waals surface area contributed by atoms with Crippen LogP contribution < -0.4 is 11.1 Å². The van der Waals surface area contributed by atoms with Crippen LogP contribution in [0.5, 0.6) is 0 Å². The van der Waals surface area contributed by atoms with Crippen molar-refractivity contribution in [3.63, 3.8) is 0 Å². The Balaban J connectivity index is 2.10. The van der Waals surface area contributed by atoms with E-state index in [1.54, 1.807) is 0 Å². The Morgan fingerprint density at radius 1 is 1.47 bits per heavy atom. The number of ether oxygens (including phenoxy) is 1. The molecule has 94 valence electrons. The highest BCUT2D eigenvalue weighted by Crippen LogP contribution is 2.28. The van der Waals surface area contributed by atoms with Gasteiger partial charge in [-0.15, -0.1) is 0 Å². The SMILES string of the molecule is CC1CC(CN)(Nc2ccc(Cl)cc2)CCO1. The first-order chi connectivity index (χ1) is 8.13. The van der Waals surface area contributed by atoms with E-state index in [9.17, 15) is 0 Å². The van der Waals surface area contributed by atoms with Gasteiger partial charge in [-0.05, 0) is 44.0 Å². The average Bonchev–Trinajstić information content (AvgIpc) is 2.32. The molecule has 1 aromatic carbocycles. The predicted molar refractivity (Wildman–Crippen MR) is 71.5 cm³/mol. The van der Waals surface area contributed by atoms with Crippen LogP contribution in [0.3, 0.4) is 0 Å². The van der Waals surface area contributed by atoms with Gasteiger partial charge < -0.3 is 15.8 Å². The maximum absolute atomic E-state index is 5.93. The van der Waals surface area contributed by atoms with E-state index >= 15 is 0 Å². The quantitative estimate of drug-likeness (QED) is 0.872. The molecule has 3 N–H and O–H groups in total. The number of rotatable bonds is 3. The van der Waals surface area contributed by atoms with E-state index in [0.29, 0.717) is 6.54 Å². The third-order valence-electron chi connectivity index (χ3n) is 3.31. The molecule has 1 saturated heterocycles. The van der Waals surface area contributed by atoms with Crippen molar-refractivity contribution in [1.29, 1.82) is 0 Å². The predicted octanol–water partition coefficient (Wildman–Crippen LogP) is 2.65. The number of anilines is 1. The summed E-state index contributed by atoms with van der Waals surface area (Å²) in [5.41, 5.74) is 6.95. The van der Waals surface area contributed by atoms with Crippen molar-refractivity contribution >= 4 is 17.3 Å². The molecule has 4 heteroatoms. The smallest absolute Gasteiger partial charge is 0.0569 e. The molecule has 2 atom stereocenters. The van der Waals surface area contributed by atoms with Gasteiger partial charge in [0.05, 0.1) is 11.6 Å². The Labute approximate surface area is 107 Å². The Morgan fingerprint density at radius 2 is 2.18 bits per heavy atom. The van der Waals surface area contributed by atoms with E-state index in [1.807, 2.05) is 24.3 Å². The lowest BCUT2D eigenvalue weighted by Gasteiger charge is -2.40. The Hall–Kier alpha value is -0.770. The highest BCUT2D eigenvalue weighted by molar-refractivity contribution is 6.30. The third kappa shape index (κ3) is 3.12. The molecule has 2 unspecified atom stereocenters. The summed E-state index contributed by atoms with van der Waals surface area (Å²) in [5, 5.41) is 4.29. The summed E-state index contributed by atoms with van der Waals surface area (Å²) in [5.74, 6) is 0. The summed E-state index contributed by atoms with van der Waals surface area (Å²) in [7, 11) is 0. The zero-order valence-electron chi connectivity index (χ0n) is 10.1. The molecular formula is C13H19ClN2O. The molecule has 0 aromatic heterocycles. The lowest BCUT2D eigenvalue weighted by Crippen LogP contribution is -2.51. The summed E-state index contributed by atoms with van der Waals surface area (Å²) in [4.78, 5) is 0. The summed E-state index contributed by atoms with van der Waals surface area (Å²) < 4.78 is 5.58. The van der Waals surface area contributed by atoms with Gasteiger partial charge in [-0.3, -0.25) is 0 Å². The third-order valence-corrected chi connectivity index (χ3v) is 3.56. The van der Waals surface area contributed by atoms with E-state index < -0.39 is 0 Å². The van der Waals surface area contributed by atoms with Crippen LogP contribution in [0.25, 0.3) is 0 Å². The Kier molecular flexibility index (Phi) is 3.92. The first-order valence-electron chi connectivity index (χ1n) is 5.99. The first kappa shape index (κ1) is 12.7. The fourth-order valence-corrected chi connectivity index (χ4v) is 2.48. The number of nitrogens with two attached hydrogens (primary N) is 1. The van der Waals surface area contributed by atoms with E-state index in [1.165, 1.54) is 0 Å². The second kappa shape index (κ2) is 5.25. The zero-order valence-corrected chi connectivity index (χ0v) is 10.8. The van der Waals surface area contributed by atoms with Gasteiger partial charge >= 0.3 is 0 Å². The lowest BCUT2D eigenvalue weighted by molar-refractivity contribution is 0.000265. The molecule has 0 spiro atoms. The van der Waals surface area contributed by atoms with Gasteiger partial charge in [0.2, 0.25) is 0 Å². The summed E-state index contributed by atoms with van der Waals surface area (Å²) >= 11 is 5.87. The van der Waals surface area contributed by atoms with Gasteiger partial charge in [0.15, 0.2) is 0 Å². The van der Waals surface area contributed by atoms with E-state index in [0.717, 1.165) is 30.2 Å². The molecular weight excluding hydrogens is 236 g/mol. The minimum atomic E-state index is -0.0501. The van der Waals surface area contributed by atoms with Gasteiger partial charge in [-0.1, -0.05) is 11.6 Å². The number of benzene rings is 1. The van der Waals surface area contributed by atoms with Gasteiger partial charge in [0.1, 0.15) is 0 Å². The van der Waals surface area contributed by atoms with Crippen molar-refractivity contribution in [2.24, 2.45) is 5.73 Å². The molecule has 1 aromatic rings. The maximum atomic E-state index is 5.93. The molecule has 17 heavy (non-hydrogen) atoms. The molecule has 3 nitrogen and oxygen atoms in total. The first-order valence-corrected chi connectivity index (χ1v) is 6.37. The van der Waals surface area contributed by atoms with Crippen LogP contribution >= 0.6 is 11.6 Å². The Morgan fingerprint density at radius 3 is 2.76 bits per heavy atom. The molecule has 2 rings (SSSR count).